The van der Waals surface area contributed by atoms with Gasteiger partial charge in [0, 0.05) is 12.1 Å². The van der Waals surface area contributed by atoms with Crippen LogP contribution in [0.2, 0.25) is 0 Å². The summed E-state index contributed by atoms with van der Waals surface area (Å²) in [6.07, 6.45) is -1.32. The molecule has 2 aromatic rings. The lowest BCUT2D eigenvalue weighted by atomic mass is 10.00. The van der Waals surface area contributed by atoms with Gasteiger partial charge in [0.15, 0.2) is 0 Å². The fourth-order valence-electron chi connectivity index (χ4n) is 1.73. The molecule has 2 aromatic carbocycles. The summed E-state index contributed by atoms with van der Waals surface area (Å²) in [6, 6.07) is 10.6. The molecule has 0 aliphatic carbocycles. The van der Waals surface area contributed by atoms with Crippen LogP contribution in [0.15, 0.2) is 36.4 Å². The number of phenolic OH excluding ortho intramolecular Hbond substituents is 1. The first-order chi connectivity index (χ1) is 7.24. The van der Waals surface area contributed by atoms with E-state index in [4.69, 9.17) is 5.73 Å². The molecule has 15 heavy (non-hydrogen) atoms. The van der Waals surface area contributed by atoms with E-state index in [9.17, 15) is 9.50 Å². The first-order valence-electron chi connectivity index (χ1n) is 4.79. The average Bonchev–Trinajstić information content (AvgIpc) is 2.28. The molecule has 1 unspecified atom stereocenters. The topological polar surface area (TPSA) is 46.2 Å². The quantitative estimate of drug-likeness (QED) is 0.791. The van der Waals surface area contributed by atoms with Crippen molar-refractivity contribution >= 4 is 10.8 Å². The van der Waals surface area contributed by atoms with E-state index in [0.717, 1.165) is 10.8 Å². The number of aromatic hydroxyl groups is 1. The molecule has 0 radical (unpaired) electrons. The van der Waals surface area contributed by atoms with Crippen LogP contribution in [0, 0.1) is 0 Å². The fraction of sp³-hybridized carbons (Fsp3) is 0.167. The monoisotopic (exact) mass is 205 g/mol. The number of hydrogen-bond acceptors (Lipinski definition) is 2. The van der Waals surface area contributed by atoms with E-state index in [1.54, 1.807) is 12.1 Å². The molecular formula is C12H12FNO. The van der Waals surface area contributed by atoms with E-state index in [0.29, 0.717) is 0 Å². The van der Waals surface area contributed by atoms with Crippen molar-refractivity contribution in [2.24, 2.45) is 5.73 Å². The number of fused-ring (bicyclic) bond motifs is 1. The second-order valence-corrected chi connectivity index (χ2v) is 3.42. The maximum absolute atomic E-state index is 13.6. The third kappa shape index (κ3) is 1.66. The van der Waals surface area contributed by atoms with Crippen LogP contribution >= 0.6 is 0 Å². The van der Waals surface area contributed by atoms with Crippen molar-refractivity contribution in [3.8, 4) is 5.75 Å². The van der Waals surface area contributed by atoms with Crippen molar-refractivity contribution in [3.05, 3.63) is 42.0 Å². The molecule has 3 N–H and O–H groups in total. The molecule has 0 aromatic heterocycles. The fourth-order valence-corrected chi connectivity index (χ4v) is 1.73. The highest BCUT2D eigenvalue weighted by Crippen LogP contribution is 2.33. The molecule has 2 nitrogen and oxygen atoms in total. The summed E-state index contributed by atoms with van der Waals surface area (Å²) < 4.78 is 13.6. The van der Waals surface area contributed by atoms with Crippen molar-refractivity contribution in [1.82, 2.24) is 0 Å². The molecule has 3 heteroatoms. The van der Waals surface area contributed by atoms with Gasteiger partial charge in [0.05, 0.1) is 0 Å². The summed E-state index contributed by atoms with van der Waals surface area (Å²) in [5.41, 5.74) is 5.57. The summed E-state index contributed by atoms with van der Waals surface area (Å²) in [7, 11) is 0. The highest BCUT2D eigenvalue weighted by atomic mass is 19.1. The average molecular weight is 205 g/mol. The zero-order chi connectivity index (χ0) is 10.8. The van der Waals surface area contributed by atoms with E-state index in [-0.39, 0.29) is 17.9 Å². The molecular weight excluding hydrogens is 193 g/mol. The Labute approximate surface area is 87.1 Å². The Kier molecular flexibility index (Phi) is 2.56. The van der Waals surface area contributed by atoms with Gasteiger partial charge >= 0.3 is 0 Å². The summed E-state index contributed by atoms with van der Waals surface area (Å²) in [6.45, 7) is -0.123. The Balaban J connectivity index is 2.74. The van der Waals surface area contributed by atoms with E-state index in [2.05, 4.69) is 0 Å². The highest BCUT2D eigenvalue weighted by Gasteiger charge is 2.15. The predicted octanol–water partition coefficient (Wildman–Crippen LogP) is 2.51. The van der Waals surface area contributed by atoms with Gasteiger partial charge in [-0.05, 0) is 16.8 Å². The van der Waals surface area contributed by atoms with E-state index < -0.39 is 6.17 Å². The highest BCUT2D eigenvalue weighted by molar-refractivity contribution is 5.88. The molecule has 0 amide bonds. The summed E-state index contributed by atoms with van der Waals surface area (Å²) in [5.74, 6) is -0.0355. The minimum atomic E-state index is -1.32. The number of hydrogen-bond donors (Lipinski definition) is 2. The van der Waals surface area contributed by atoms with E-state index in [1.165, 1.54) is 6.07 Å². The Morgan fingerprint density at radius 2 is 1.93 bits per heavy atom. The van der Waals surface area contributed by atoms with Crippen LogP contribution in [0.1, 0.15) is 11.7 Å². The van der Waals surface area contributed by atoms with Gasteiger partial charge in [0.2, 0.25) is 0 Å². The number of nitrogens with two attached hydrogens (primary N) is 1. The number of phenols is 1. The van der Waals surface area contributed by atoms with Crippen LogP contribution in [0.3, 0.4) is 0 Å². The predicted molar refractivity (Wildman–Crippen MR) is 58.5 cm³/mol. The second-order valence-electron chi connectivity index (χ2n) is 3.42. The van der Waals surface area contributed by atoms with Gasteiger partial charge in [-0.3, -0.25) is 0 Å². The Hall–Kier alpha value is -1.61. The van der Waals surface area contributed by atoms with Crippen molar-refractivity contribution in [3.63, 3.8) is 0 Å². The molecule has 78 valence electrons. The van der Waals surface area contributed by atoms with E-state index in [1.807, 2.05) is 18.2 Å². The Bertz CT molecular complexity index is 484. The van der Waals surface area contributed by atoms with Crippen LogP contribution in [-0.2, 0) is 0 Å². The van der Waals surface area contributed by atoms with Crippen molar-refractivity contribution < 1.29 is 9.50 Å². The summed E-state index contributed by atoms with van der Waals surface area (Å²) in [4.78, 5) is 0. The van der Waals surface area contributed by atoms with Gasteiger partial charge in [-0.25, -0.2) is 4.39 Å². The SMILES string of the molecule is NCC(F)c1c(O)ccc2ccccc12. The number of halogens is 1. The third-order valence-electron chi connectivity index (χ3n) is 2.47. The lowest BCUT2D eigenvalue weighted by Crippen LogP contribution is -2.08. The molecule has 0 fully saturated rings. The third-order valence-corrected chi connectivity index (χ3v) is 2.47. The van der Waals surface area contributed by atoms with Gasteiger partial charge in [-0.1, -0.05) is 30.3 Å². The number of alkyl halides is 1. The van der Waals surface area contributed by atoms with Crippen LogP contribution in [0.5, 0.6) is 5.75 Å². The minimum absolute atomic E-state index is 0.0355. The van der Waals surface area contributed by atoms with Gasteiger partial charge in [0.1, 0.15) is 11.9 Å². The zero-order valence-electron chi connectivity index (χ0n) is 8.15. The van der Waals surface area contributed by atoms with Gasteiger partial charge in [0.25, 0.3) is 0 Å². The van der Waals surface area contributed by atoms with Crippen LogP contribution < -0.4 is 5.73 Å². The van der Waals surface area contributed by atoms with Crippen LogP contribution in [0.25, 0.3) is 10.8 Å². The van der Waals surface area contributed by atoms with Crippen LogP contribution in [-0.4, -0.2) is 11.7 Å². The first kappa shape index (κ1) is 9.93. The zero-order valence-corrected chi connectivity index (χ0v) is 8.15. The van der Waals surface area contributed by atoms with Crippen molar-refractivity contribution in [2.45, 2.75) is 6.17 Å². The van der Waals surface area contributed by atoms with Crippen LogP contribution in [0.4, 0.5) is 4.39 Å². The lowest BCUT2D eigenvalue weighted by Gasteiger charge is -2.11. The molecule has 0 spiro atoms. The Morgan fingerprint density at radius 1 is 1.20 bits per heavy atom. The molecule has 0 bridgehead atoms. The maximum Gasteiger partial charge on any atom is 0.141 e. The minimum Gasteiger partial charge on any atom is -0.508 e. The molecule has 0 aliphatic heterocycles. The summed E-state index contributed by atoms with van der Waals surface area (Å²) in [5, 5.41) is 11.2. The van der Waals surface area contributed by atoms with Crippen molar-refractivity contribution in [1.29, 1.82) is 0 Å². The molecule has 0 aliphatic rings. The van der Waals surface area contributed by atoms with Gasteiger partial charge in [-0.2, -0.15) is 0 Å². The molecule has 0 saturated carbocycles. The normalized spacial score (nSPS) is 12.9. The second kappa shape index (κ2) is 3.87. The standard InChI is InChI=1S/C12H12FNO/c13-10(7-14)12-9-4-2-1-3-8(9)5-6-11(12)15/h1-6,10,15H,7,14H2. The Morgan fingerprint density at radius 3 is 2.67 bits per heavy atom. The molecule has 0 saturated heterocycles. The molecule has 1 atom stereocenters. The van der Waals surface area contributed by atoms with Gasteiger partial charge < -0.3 is 10.8 Å². The van der Waals surface area contributed by atoms with Crippen molar-refractivity contribution in [2.75, 3.05) is 6.54 Å². The number of benzene rings is 2. The first-order valence-corrected chi connectivity index (χ1v) is 4.79. The van der Waals surface area contributed by atoms with E-state index >= 15 is 0 Å². The molecule has 2 rings (SSSR count). The molecule has 0 heterocycles. The maximum atomic E-state index is 13.6. The number of rotatable bonds is 2. The largest absolute Gasteiger partial charge is 0.508 e. The van der Waals surface area contributed by atoms with Gasteiger partial charge in [-0.15, -0.1) is 0 Å². The summed E-state index contributed by atoms with van der Waals surface area (Å²) >= 11 is 0. The smallest absolute Gasteiger partial charge is 0.141 e. The lowest BCUT2D eigenvalue weighted by molar-refractivity contribution is 0.341.